The van der Waals surface area contributed by atoms with E-state index in [2.05, 4.69) is 4.90 Å². The fourth-order valence-electron chi connectivity index (χ4n) is 4.74. The summed E-state index contributed by atoms with van der Waals surface area (Å²) in [6.45, 7) is 2.87. The van der Waals surface area contributed by atoms with Crippen LogP contribution in [0.15, 0.2) is 106 Å². The van der Waals surface area contributed by atoms with Crippen molar-refractivity contribution in [3.8, 4) is 17.2 Å². The van der Waals surface area contributed by atoms with Gasteiger partial charge in [-0.1, -0.05) is 42.5 Å². The van der Waals surface area contributed by atoms with E-state index in [1.807, 2.05) is 72.8 Å². The van der Waals surface area contributed by atoms with Gasteiger partial charge in [-0.25, -0.2) is 4.98 Å². The Morgan fingerprint density at radius 3 is 2.37 bits per heavy atom. The van der Waals surface area contributed by atoms with Gasteiger partial charge < -0.3 is 14.1 Å². The molecule has 0 unspecified atom stereocenters. The van der Waals surface area contributed by atoms with Crippen molar-refractivity contribution in [1.82, 2.24) is 19.4 Å². The van der Waals surface area contributed by atoms with Crippen molar-refractivity contribution in [2.45, 2.75) is 6.54 Å². The molecule has 3 aromatic carbocycles. The number of hydrogen-bond acceptors (Lipinski definition) is 6. The first-order valence-corrected chi connectivity index (χ1v) is 12.6. The van der Waals surface area contributed by atoms with Gasteiger partial charge in [-0.2, -0.15) is 0 Å². The molecule has 1 saturated heterocycles. The number of furan rings is 1. The Kier molecular flexibility index (Phi) is 6.46. The lowest BCUT2D eigenvalue weighted by molar-refractivity contribution is 0.0594. The summed E-state index contributed by atoms with van der Waals surface area (Å²) in [4.78, 5) is 35.5. The Labute approximate surface area is 219 Å². The molecule has 38 heavy (non-hydrogen) atoms. The molecule has 6 rings (SSSR count). The van der Waals surface area contributed by atoms with Gasteiger partial charge in [0.05, 0.1) is 29.4 Å². The highest BCUT2D eigenvalue weighted by Crippen LogP contribution is 2.29. The molecule has 0 bridgehead atoms. The van der Waals surface area contributed by atoms with Gasteiger partial charge >= 0.3 is 0 Å². The number of carbonyl (C=O) groups excluding carboxylic acids is 1. The van der Waals surface area contributed by atoms with Crippen molar-refractivity contribution in [3.05, 3.63) is 119 Å². The lowest BCUT2D eigenvalue weighted by Gasteiger charge is -2.34. The number of carbonyl (C=O) groups is 1. The molecule has 3 heterocycles. The topological polar surface area (TPSA) is 80.8 Å². The zero-order chi connectivity index (χ0) is 25.9. The zero-order valence-corrected chi connectivity index (χ0v) is 20.7. The van der Waals surface area contributed by atoms with Crippen LogP contribution in [0.2, 0.25) is 0 Å². The molecule has 1 aliphatic heterocycles. The predicted molar refractivity (Wildman–Crippen MR) is 144 cm³/mol. The molecule has 1 fully saturated rings. The van der Waals surface area contributed by atoms with Gasteiger partial charge in [0.25, 0.3) is 11.5 Å². The number of hydrogen-bond donors (Lipinski definition) is 0. The Hall–Kier alpha value is -4.69. The van der Waals surface area contributed by atoms with Gasteiger partial charge in [0.1, 0.15) is 11.6 Å². The van der Waals surface area contributed by atoms with E-state index in [9.17, 15) is 9.59 Å². The minimum absolute atomic E-state index is 0.109. The van der Waals surface area contributed by atoms with E-state index in [4.69, 9.17) is 14.1 Å². The Morgan fingerprint density at radius 1 is 0.842 bits per heavy atom. The van der Waals surface area contributed by atoms with Gasteiger partial charge in [-0.05, 0) is 48.5 Å². The van der Waals surface area contributed by atoms with Crippen molar-refractivity contribution in [2.24, 2.45) is 0 Å². The molecular weight excluding hydrogens is 480 g/mol. The highest BCUT2D eigenvalue weighted by Gasteiger charge is 2.25. The second kappa shape index (κ2) is 10.4. The molecule has 1 amide bonds. The zero-order valence-electron chi connectivity index (χ0n) is 20.7. The monoisotopic (exact) mass is 506 g/mol. The van der Waals surface area contributed by atoms with Crippen LogP contribution in [0.5, 0.6) is 11.5 Å². The highest BCUT2D eigenvalue weighted by atomic mass is 16.5. The van der Waals surface area contributed by atoms with Crippen LogP contribution in [0.3, 0.4) is 0 Å². The fourth-order valence-corrected chi connectivity index (χ4v) is 4.74. The van der Waals surface area contributed by atoms with Crippen LogP contribution in [0.25, 0.3) is 16.6 Å². The number of ether oxygens (including phenoxy) is 1. The molecule has 0 aliphatic carbocycles. The van der Waals surface area contributed by atoms with Crippen molar-refractivity contribution in [3.63, 3.8) is 0 Å². The number of piperazine rings is 1. The van der Waals surface area contributed by atoms with Crippen LogP contribution in [0, 0.1) is 0 Å². The first kappa shape index (κ1) is 23.7. The van der Waals surface area contributed by atoms with Crippen LogP contribution < -0.4 is 10.3 Å². The highest BCUT2D eigenvalue weighted by molar-refractivity contribution is 5.91. The molecule has 2 aromatic heterocycles. The Bertz CT molecular complexity index is 1620. The number of para-hydroxylation sites is 4. The lowest BCUT2D eigenvalue weighted by atomic mass is 10.2. The average Bonchev–Trinajstić information content (AvgIpc) is 3.50. The van der Waals surface area contributed by atoms with Crippen molar-refractivity contribution < 1.29 is 13.9 Å². The smallest absolute Gasteiger partial charge is 0.289 e. The summed E-state index contributed by atoms with van der Waals surface area (Å²) < 4.78 is 13.1. The van der Waals surface area contributed by atoms with E-state index in [0.29, 0.717) is 72.4 Å². The van der Waals surface area contributed by atoms with Gasteiger partial charge in [0, 0.05) is 26.2 Å². The van der Waals surface area contributed by atoms with E-state index in [1.165, 1.54) is 6.26 Å². The average molecular weight is 507 g/mol. The number of aromatic nitrogens is 2. The lowest BCUT2D eigenvalue weighted by Crippen LogP contribution is -2.48. The van der Waals surface area contributed by atoms with Crippen molar-refractivity contribution in [2.75, 3.05) is 26.2 Å². The standard InChI is InChI=1S/C30H26N4O4/c35-29-23-11-4-5-12-24(23)31-28(21-32-16-18-33(19-17-32)30(36)27-15-8-20-37-27)34(29)25-13-6-7-14-26(25)38-22-9-2-1-3-10-22/h1-15,20H,16-19,21H2. The third-order valence-corrected chi connectivity index (χ3v) is 6.68. The number of nitrogens with zero attached hydrogens (tertiary/aromatic N) is 4. The second-order valence-corrected chi connectivity index (χ2v) is 9.11. The van der Waals surface area contributed by atoms with E-state index in [-0.39, 0.29) is 11.5 Å². The van der Waals surface area contributed by atoms with E-state index in [0.717, 1.165) is 0 Å². The maximum Gasteiger partial charge on any atom is 0.289 e. The molecule has 190 valence electrons. The summed E-state index contributed by atoms with van der Waals surface area (Å²) in [6, 6.07) is 27.8. The molecular formula is C30H26N4O4. The molecule has 1 aliphatic rings. The first-order valence-electron chi connectivity index (χ1n) is 12.6. The fraction of sp³-hybridized carbons (Fsp3) is 0.167. The third-order valence-electron chi connectivity index (χ3n) is 6.68. The molecule has 0 atom stereocenters. The Morgan fingerprint density at radius 2 is 1.58 bits per heavy atom. The minimum atomic E-state index is -0.152. The number of fused-ring (bicyclic) bond motifs is 1. The second-order valence-electron chi connectivity index (χ2n) is 9.11. The number of benzene rings is 3. The van der Waals surface area contributed by atoms with Gasteiger partial charge in [-0.15, -0.1) is 0 Å². The van der Waals surface area contributed by atoms with Gasteiger partial charge in [-0.3, -0.25) is 19.1 Å². The van der Waals surface area contributed by atoms with Gasteiger partial charge in [0.2, 0.25) is 0 Å². The van der Waals surface area contributed by atoms with Crippen LogP contribution in [0.4, 0.5) is 0 Å². The van der Waals surface area contributed by atoms with Crippen LogP contribution in [-0.4, -0.2) is 51.4 Å². The molecule has 0 radical (unpaired) electrons. The van der Waals surface area contributed by atoms with Crippen LogP contribution >= 0.6 is 0 Å². The molecule has 0 saturated carbocycles. The van der Waals surface area contributed by atoms with E-state index >= 15 is 0 Å². The van der Waals surface area contributed by atoms with Crippen LogP contribution in [-0.2, 0) is 6.54 Å². The SMILES string of the molecule is O=C(c1ccco1)N1CCN(Cc2nc3ccccc3c(=O)n2-c2ccccc2Oc2ccccc2)CC1. The molecule has 8 heteroatoms. The van der Waals surface area contributed by atoms with Crippen LogP contribution in [0.1, 0.15) is 16.4 Å². The van der Waals surface area contributed by atoms with Crippen molar-refractivity contribution in [1.29, 1.82) is 0 Å². The first-order chi connectivity index (χ1) is 18.7. The minimum Gasteiger partial charge on any atom is -0.459 e. The summed E-state index contributed by atoms with van der Waals surface area (Å²) in [5.41, 5.74) is 1.12. The van der Waals surface area contributed by atoms with E-state index < -0.39 is 0 Å². The summed E-state index contributed by atoms with van der Waals surface area (Å²) in [7, 11) is 0. The Balaban J connectivity index is 1.33. The van der Waals surface area contributed by atoms with Gasteiger partial charge in [0.15, 0.2) is 11.5 Å². The summed E-state index contributed by atoms with van der Waals surface area (Å²) in [5, 5.41) is 0.541. The molecule has 0 N–H and O–H groups in total. The van der Waals surface area contributed by atoms with E-state index in [1.54, 1.807) is 27.7 Å². The normalized spacial score (nSPS) is 14.1. The molecule has 5 aromatic rings. The molecule has 0 spiro atoms. The third kappa shape index (κ3) is 4.69. The van der Waals surface area contributed by atoms with Crippen molar-refractivity contribution >= 4 is 16.8 Å². The number of rotatable bonds is 6. The molecule has 8 nitrogen and oxygen atoms in total. The quantitative estimate of drug-likeness (QED) is 0.331. The maximum atomic E-state index is 13.9. The predicted octanol–water partition coefficient (Wildman–Crippen LogP) is 4.73. The summed E-state index contributed by atoms with van der Waals surface area (Å²) in [5.74, 6) is 2.10. The largest absolute Gasteiger partial charge is 0.459 e. The number of amides is 1. The summed E-state index contributed by atoms with van der Waals surface area (Å²) >= 11 is 0. The maximum absolute atomic E-state index is 13.9. The summed E-state index contributed by atoms with van der Waals surface area (Å²) in [6.07, 6.45) is 1.51.